The number of nitrogens with one attached hydrogen (secondary N) is 1. The molecule has 1 aliphatic heterocycles. The molecule has 0 aliphatic carbocycles. The fraction of sp³-hybridized carbons (Fsp3) is 0.385. The van der Waals surface area contributed by atoms with Crippen LogP contribution in [0.3, 0.4) is 0 Å². The lowest BCUT2D eigenvalue weighted by Gasteiger charge is -2.29. The molecule has 0 bridgehead atoms. The van der Waals surface area contributed by atoms with Gasteiger partial charge in [0.1, 0.15) is 36.9 Å². The lowest BCUT2D eigenvalue weighted by Crippen LogP contribution is -2.40. The van der Waals surface area contributed by atoms with Crippen LogP contribution in [0.15, 0.2) is 61.2 Å². The number of amides is 2. The van der Waals surface area contributed by atoms with E-state index in [1.165, 1.54) is 10.9 Å². The fourth-order valence-corrected chi connectivity index (χ4v) is 3.72. The van der Waals surface area contributed by atoms with Gasteiger partial charge in [-0.2, -0.15) is 5.10 Å². The van der Waals surface area contributed by atoms with Gasteiger partial charge in [0.05, 0.1) is 25.0 Å². The minimum absolute atomic E-state index is 0.0542. The van der Waals surface area contributed by atoms with Crippen molar-refractivity contribution in [3.8, 4) is 11.5 Å². The van der Waals surface area contributed by atoms with Gasteiger partial charge in [0.25, 0.3) is 5.91 Å². The van der Waals surface area contributed by atoms with Gasteiger partial charge >= 0.3 is 0 Å². The summed E-state index contributed by atoms with van der Waals surface area (Å²) in [5.41, 5.74) is 1.66. The van der Waals surface area contributed by atoms with E-state index in [1.54, 1.807) is 42.7 Å². The van der Waals surface area contributed by atoms with Gasteiger partial charge in [-0.05, 0) is 31.2 Å². The van der Waals surface area contributed by atoms with Crippen LogP contribution in [0.1, 0.15) is 18.4 Å². The topological polar surface area (TPSA) is 108 Å². The summed E-state index contributed by atoms with van der Waals surface area (Å²) in [4.78, 5) is 30.8. The maximum atomic E-state index is 12.7. The highest BCUT2D eigenvalue weighted by Crippen LogP contribution is 2.21. The third-order valence-electron chi connectivity index (χ3n) is 5.82. The molecule has 1 aromatic carbocycles. The van der Waals surface area contributed by atoms with E-state index in [2.05, 4.69) is 15.4 Å². The lowest BCUT2D eigenvalue weighted by atomic mass is 10.1. The van der Waals surface area contributed by atoms with Gasteiger partial charge in [-0.1, -0.05) is 17.7 Å². The number of hydrogen-bond donors (Lipinski definition) is 1. The highest BCUT2D eigenvalue weighted by molar-refractivity contribution is 5.94. The summed E-state index contributed by atoms with van der Waals surface area (Å²) in [7, 11) is 1.72. The molecule has 2 amide bonds. The van der Waals surface area contributed by atoms with E-state index in [0.717, 1.165) is 11.3 Å². The summed E-state index contributed by atoms with van der Waals surface area (Å²) in [6.45, 7) is 3.33. The van der Waals surface area contributed by atoms with Gasteiger partial charge in [-0.25, -0.2) is 0 Å². The van der Waals surface area contributed by atoms with Crippen LogP contribution in [-0.4, -0.2) is 70.5 Å². The van der Waals surface area contributed by atoms with Gasteiger partial charge in [-0.15, -0.1) is 0 Å². The van der Waals surface area contributed by atoms with Crippen molar-refractivity contribution >= 4 is 17.5 Å². The Hall–Kier alpha value is -3.92. The monoisotopic (exact) mass is 493 g/mol. The van der Waals surface area contributed by atoms with Crippen LogP contribution in [0.2, 0.25) is 0 Å². The first kappa shape index (κ1) is 25.2. The number of rotatable bonds is 10. The SMILES string of the molecule is Cc1ccc(OCCN(C)C(=O)Cn2cc(NC(=O)C3CC(Oc4ccncc4)CCO3)cn2)cc1. The Balaban J connectivity index is 1.21. The largest absolute Gasteiger partial charge is 0.492 e. The number of pyridine rings is 1. The molecule has 3 aromatic rings. The molecule has 0 saturated carbocycles. The number of likely N-dealkylation sites (N-methyl/N-ethyl adjacent to an activating group) is 1. The van der Waals surface area contributed by atoms with Crippen molar-refractivity contribution in [3.05, 3.63) is 66.7 Å². The number of hydrogen-bond acceptors (Lipinski definition) is 7. The predicted molar refractivity (Wildman–Crippen MR) is 133 cm³/mol. The molecule has 2 atom stereocenters. The van der Waals surface area contributed by atoms with Crippen molar-refractivity contribution in [3.63, 3.8) is 0 Å². The molecular formula is C26H31N5O5. The molecule has 1 aliphatic rings. The summed E-state index contributed by atoms with van der Waals surface area (Å²) >= 11 is 0. The zero-order valence-corrected chi connectivity index (χ0v) is 20.5. The summed E-state index contributed by atoms with van der Waals surface area (Å²) in [6, 6.07) is 11.3. The molecular weight excluding hydrogens is 462 g/mol. The Morgan fingerprint density at radius 2 is 1.94 bits per heavy atom. The van der Waals surface area contributed by atoms with Crippen molar-refractivity contribution in [2.24, 2.45) is 0 Å². The molecule has 4 rings (SSSR count). The molecule has 3 heterocycles. The number of ether oxygens (including phenoxy) is 3. The average molecular weight is 494 g/mol. The molecule has 2 aromatic heterocycles. The second kappa shape index (κ2) is 12.2. The normalized spacial score (nSPS) is 17.3. The molecule has 0 spiro atoms. The molecule has 1 N–H and O–H groups in total. The first-order valence-corrected chi connectivity index (χ1v) is 11.9. The van der Waals surface area contributed by atoms with Crippen LogP contribution in [0, 0.1) is 6.92 Å². The second-order valence-electron chi connectivity index (χ2n) is 8.70. The van der Waals surface area contributed by atoms with E-state index in [9.17, 15) is 9.59 Å². The first-order valence-electron chi connectivity index (χ1n) is 11.9. The summed E-state index contributed by atoms with van der Waals surface area (Å²) < 4.78 is 18.8. The average Bonchev–Trinajstić information content (AvgIpc) is 3.32. The molecule has 10 nitrogen and oxygen atoms in total. The number of benzene rings is 1. The van der Waals surface area contributed by atoms with Crippen LogP contribution < -0.4 is 14.8 Å². The number of anilines is 1. The number of aromatic nitrogens is 3. The first-order chi connectivity index (χ1) is 17.5. The van der Waals surface area contributed by atoms with E-state index in [0.29, 0.717) is 44.0 Å². The standard InChI is InChI=1S/C26H31N5O5/c1-19-3-5-21(6-4-19)34-14-12-30(2)25(32)18-31-17-20(16-28-31)29-26(33)24-15-23(9-13-35-24)36-22-7-10-27-11-8-22/h3-8,10-11,16-17,23-24H,9,12-15,18H2,1-2H3,(H,29,33). The molecule has 10 heteroatoms. The molecule has 0 radical (unpaired) electrons. The highest BCUT2D eigenvalue weighted by Gasteiger charge is 2.29. The van der Waals surface area contributed by atoms with E-state index in [1.807, 2.05) is 31.2 Å². The quantitative estimate of drug-likeness (QED) is 0.463. The van der Waals surface area contributed by atoms with Crippen LogP contribution >= 0.6 is 0 Å². The minimum Gasteiger partial charge on any atom is -0.492 e. The zero-order chi connectivity index (χ0) is 25.3. The smallest absolute Gasteiger partial charge is 0.253 e. The second-order valence-corrected chi connectivity index (χ2v) is 8.70. The van der Waals surface area contributed by atoms with E-state index < -0.39 is 6.10 Å². The van der Waals surface area contributed by atoms with Crippen molar-refractivity contribution in [2.45, 2.75) is 38.5 Å². The Morgan fingerprint density at radius 1 is 1.17 bits per heavy atom. The van der Waals surface area contributed by atoms with Crippen LogP contribution in [0.25, 0.3) is 0 Å². The summed E-state index contributed by atoms with van der Waals surface area (Å²) in [5, 5.41) is 7.01. The van der Waals surface area contributed by atoms with Gasteiger partial charge in [0.15, 0.2) is 0 Å². The van der Waals surface area contributed by atoms with Crippen LogP contribution in [0.5, 0.6) is 11.5 Å². The number of nitrogens with zero attached hydrogens (tertiary/aromatic N) is 4. The Morgan fingerprint density at radius 3 is 2.72 bits per heavy atom. The third kappa shape index (κ3) is 7.29. The molecule has 1 saturated heterocycles. The highest BCUT2D eigenvalue weighted by atomic mass is 16.5. The van der Waals surface area contributed by atoms with Crippen molar-refractivity contribution in [1.29, 1.82) is 0 Å². The van der Waals surface area contributed by atoms with E-state index in [4.69, 9.17) is 14.2 Å². The van der Waals surface area contributed by atoms with E-state index >= 15 is 0 Å². The Kier molecular flexibility index (Phi) is 8.51. The van der Waals surface area contributed by atoms with Crippen molar-refractivity contribution in [2.75, 3.05) is 32.1 Å². The maximum Gasteiger partial charge on any atom is 0.253 e. The summed E-state index contributed by atoms with van der Waals surface area (Å²) in [5.74, 6) is 1.10. The van der Waals surface area contributed by atoms with Gasteiger partial charge in [0, 0.05) is 38.5 Å². The van der Waals surface area contributed by atoms with Crippen LogP contribution in [0.4, 0.5) is 5.69 Å². The number of carbonyl (C=O) groups excluding carboxylic acids is 2. The van der Waals surface area contributed by atoms with Gasteiger partial charge < -0.3 is 24.4 Å². The Bertz CT molecular complexity index is 1140. The Labute approximate surface area is 210 Å². The van der Waals surface area contributed by atoms with Gasteiger partial charge in [0.2, 0.25) is 5.91 Å². The molecule has 190 valence electrons. The minimum atomic E-state index is -0.629. The zero-order valence-electron chi connectivity index (χ0n) is 20.5. The molecule has 1 fully saturated rings. The van der Waals surface area contributed by atoms with E-state index in [-0.39, 0.29) is 24.5 Å². The third-order valence-corrected chi connectivity index (χ3v) is 5.82. The fourth-order valence-electron chi connectivity index (χ4n) is 3.72. The molecule has 2 unspecified atom stereocenters. The predicted octanol–water partition coefficient (Wildman–Crippen LogP) is 2.69. The van der Waals surface area contributed by atoms with Crippen molar-refractivity contribution in [1.82, 2.24) is 19.7 Å². The lowest BCUT2D eigenvalue weighted by molar-refractivity contribution is -0.133. The maximum absolute atomic E-state index is 12.7. The number of aryl methyl sites for hydroxylation is 1. The molecule has 36 heavy (non-hydrogen) atoms. The van der Waals surface area contributed by atoms with Crippen LogP contribution in [-0.2, 0) is 20.9 Å². The number of carbonyl (C=O) groups is 2. The summed E-state index contributed by atoms with van der Waals surface area (Å²) in [6.07, 6.45) is 6.86. The van der Waals surface area contributed by atoms with Crippen molar-refractivity contribution < 1.29 is 23.8 Å². The van der Waals surface area contributed by atoms with Gasteiger partial charge in [-0.3, -0.25) is 19.3 Å².